The lowest BCUT2D eigenvalue weighted by Crippen LogP contribution is -2.41. The highest BCUT2D eigenvalue weighted by Gasteiger charge is 2.38. The molecule has 0 spiro atoms. The number of carbonyl (C=O) groups is 2. The molecule has 2 amide bonds. The van der Waals surface area contributed by atoms with Gasteiger partial charge in [0.1, 0.15) is 0 Å². The molecule has 2 rings (SSSR count). The standard InChI is InChI=1S/C8H11NO2/c10-7-2-1-3-8(11)9(7)6-4-5-6/h6H,1-5H2. The number of amides is 2. The first-order valence-corrected chi connectivity index (χ1v) is 4.14. The molecule has 0 unspecified atom stereocenters. The number of likely N-dealkylation sites (tertiary alicyclic amines) is 1. The van der Waals surface area contributed by atoms with Crippen LogP contribution in [0.3, 0.4) is 0 Å². The van der Waals surface area contributed by atoms with Crippen molar-refractivity contribution in [2.75, 3.05) is 0 Å². The van der Waals surface area contributed by atoms with Crippen LogP contribution < -0.4 is 0 Å². The van der Waals surface area contributed by atoms with Gasteiger partial charge in [-0.3, -0.25) is 14.5 Å². The molecule has 2 aliphatic rings. The Kier molecular flexibility index (Phi) is 1.44. The minimum absolute atomic E-state index is 0.0451. The van der Waals surface area contributed by atoms with E-state index in [1.165, 1.54) is 4.90 Å². The van der Waals surface area contributed by atoms with Gasteiger partial charge in [0.2, 0.25) is 11.8 Å². The first kappa shape index (κ1) is 6.83. The molecule has 0 aromatic rings. The molecule has 0 bridgehead atoms. The van der Waals surface area contributed by atoms with Crippen LogP contribution in [0, 0.1) is 0 Å². The van der Waals surface area contributed by atoms with E-state index in [0.717, 1.165) is 19.3 Å². The van der Waals surface area contributed by atoms with Crippen LogP contribution >= 0.6 is 0 Å². The quantitative estimate of drug-likeness (QED) is 0.520. The molecule has 0 radical (unpaired) electrons. The van der Waals surface area contributed by atoms with Crippen molar-refractivity contribution in [3.8, 4) is 0 Å². The largest absolute Gasteiger partial charge is 0.280 e. The normalized spacial score (nSPS) is 26.0. The molecule has 3 heteroatoms. The van der Waals surface area contributed by atoms with Gasteiger partial charge in [-0.2, -0.15) is 0 Å². The summed E-state index contributed by atoms with van der Waals surface area (Å²) in [4.78, 5) is 23.9. The topological polar surface area (TPSA) is 37.4 Å². The minimum atomic E-state index is 0.0451. The van der Waals surface area contributed by atoms with Crippen molar-refractivity contribution in [1.29, 1.82) is 0 Å². The Labute approximate surface area is 65.4 Å². The lowest BCUT2D eigenvalue weighted by molar-refractivity contribution is -0.148. The van der Waals surface area contributed by atoms with Crippen molar-refractivity contribution in [2.24, 2.45) is 0 Å². The van der Waals surface area contributed by atoms with E-state index in [1.54, 1.807) is 0 Å². The van der Waals surface area contributed by atoms with Gasteiger partial charge >= 0.3 is 0 Å². The number of carbonyl (C=O) groups excluding carboxylic acids is 2. The molecule has 0 aromatic carbocycles. The van der Waals surface area contributed by atoms with Crippen LogP contribution in [0.15, 0.2) is 0 Å². The molecule has 3 nitrogen and oxygen atoms in total. The van der Waals surface area contributed by atoms with Crippen LogP contribution in [0.25, 0.3) is 0 Å². The van der Waals surface area contributed by atoms with Crippen molar-refractivity contribution in [2.45, 2.75) is 38.1 Å². The Morgan fingerprint density at radius 1 is 1.09 bits per heavy atom. The molecule has 0 atom stereocenters. The zero-order valence-corrected chi connectivity index (χ0v) is 6.38. The third-order valence-corrected chi connectivity index (χ3v) is 2.23. The van der Waals surface area contributed by atoms with Crippen LogP contribution in [-0.2, 0) is 9.59 Å². The van der Waals surface area contributed by atoms with Gasteiger partial charge in [0, 0.05) is 18.9 Å². The van der Waals surface area contributed by atoms with E-state index in [1.807, 2.05) is 0 Å². The second-order valence-electron chi connectivity index (χ2n) is 3.24. The number of hydrogen-bond acceptors (Lipinski definition) is 2. The first-order valence-electron chi connectivity index (χ1n) is 4.14. The Balaban J connectivity index is 2.11. The molecule has 11 heavy (non-hydrogen) atoms. The SMILES string of the molecule is O=C1CCCC(=O)N1C1CC1. The van der Waals surface area contributed by atoms with E-state index in [0.29, 0.717) is 12.8 Å². The average molecular weight is 153 g/mol. The monoisotopic (exact) mass is 153 g/mol. The molecule has 0 N–H and O–H groups in total. The molecule has 0 aromatic heterocycles. The van der Waals surface area contributed by atoms with Gasteiger partial charge in [-0.25, -0.2) is 0 Å². The van der Waals surface area contributed by atoms with Crippen LogP contribution in [0.5, 0.6) is 0 Å². The molecular formula is C8H11NO2. The maximum Gasteiger partial charge on any atom is 0.229 e. The Morgan fingerprint density at radius 2 is 1.64 bits per heavy atom. The van der Waals surface area contributed by atoms with E-state index >= 15 is 0 Å². The predicted octanol–water partition coefficient (Wildman–Crippen LogP) is 0.688. The summed E-state index contributed by atoms with van der Waals surface area (Å²) in [6.07, 6.45) is 3.94. The van der Waals surface area contributed by atoms with Crippen LogP contribution in [0.1, 0.15) is 32.1 Å². The maximum atomic E-state index is 11.2. The smallest absolute Gasteiger partial charge is 0.229 e. The summed E-state index contributed by atoms with van der Waals surface area (Å²) in [6, 6.07) is 0.273. The number of piperidine rings is 1. The molecule has 60 valence electrons. The number of hydrogen-bond donors (Lipinski definition) is 0. The van der Waals surface area contributed by atoms with Crippen molar-refractivity contribution < 1.29 is 9.59 Å². The lowest BCUT2D eigenvalue weighted by atomic mass is 10.1. The van der Waals surface area contributed by atoms with Gasteiger partial charge in [-0.1, -0.05) is 0 Å². The lowest BCUT2D eigenvalue weighted by Gasteiger charge is -2.24. The molecule has 1 aliphatic carbocycles. The van der Waals surface area contributed by atoms with Crippen LogP contribution in [-0.4, -0.2) is 22.8 Å². The predicted molar refractivity (Wildman–Crippen MR) is 38.7 cm³/mol. The molecular weight excluding hydrogens is 142 g/mol. The van der Waals surface area contributed by atoms with Crippen molar-refractivity contribution in [3.63, 3.8) is 0 Å². The fourth-order valence-corrected chi connectivity index (χ4v) is 1.51. The fraction of sp³-hybridized carbons (Fsp3) is 0.750. The third-order valence-electron chi connectivity index (χ3n) is 2.23. The highest BCUT2D eigenvalue weighted by atomic mass is 16.2. The van der Waals surface area contributed by atoms with Crippen molar-refractivity contribution in [3.05, 3.63) is 0 Å². The summed E-state index contributed by atoms with van der Waals surface area (Å²) in [5, 5.41) is 0. The van der Waals surface area contributed by atoms with Gasteiger partial charge in [-0.05, 0) is 19.3 Å². The van der Waals surface area contributed by atoms with Crippen LogP contribution in [0.2, 0.25) is 0 Å². The number of imide groups is 1. The van der Waals surface area contributed by atoms with E-state index < -0.39 is 0 Å². The zero-order chi connectivity index (χ0) is 7.84. The molecule has 2 fully saturated rings. The summed E-state index contributed by atoms with van der Waals surface area (Å²) in [6.45, 7) is 0. The molecule has 1 saturated heterocycles. The highest BCUT2D eigenvalue weighted by molar-refractivity contribution is 5.98. The molecule has 1 heterocycles. The zero-order valence-electron chi connectivity index (χ0n) is 6.38. The van der Waals surface area contributed by atoms with E-state index in [9.17, 15) is 9.59 Å². The third kappa shape index (κ3) is 1.15. The first-order chi connectivity index (χ1) is 5.29. The maximum absolute atomic E-state index is 11.2. The average Bonchev–Trinajstić information content (AvgIpc) is 2.70. The molecule has 1 saturated carbocycles. The molecule has 1 aliphatic heterocycles. The van der Waals surface area contributed by atoms with Crippen LogP contribution in [0.4, 0.5) is 0 Å². The second kappa shape index (κ2) is 2.32. The van der Waals surface area contributed by atoms with Gasteiger partial charge in [0.05, 0.1) is 0 Å². The second-order valence-corrected chi connectivity index (χ2v) is 3.24. The number of rotatable bonds is 1. The Hall–Kier alpha value is -0.860. The van der Waals surface area contributed by atoms with E-state index in [-0.39, 0.29) is 17.9 Å². The Morgan fingerprint density at radius 3 is 2.09 bits per heavy atom. The highest BCUT2D eigenvalue weighted by Crippen LogP contribution is 2.30. The van der Waals surface area contributed by atoms with E-state index in [4.69, 9.17) is 0 Å². The van der Waals surface area contributed by atoms with Gasteiger partial charge in [0.15, 0.2) is 0 Å². The van der Waals surface area contributed by atoms with Crippen molar-refractivity contribution in [1.82, 2.24) is 4.90 Å². The summed E-state index contributed by atoms with van der Waals surface area (Å²) in [7, 11) is 0. The van der Waals surface area contributed by atoms with Crippen molar-refractivity contribution >= 4 is 11.8 Å². The summed E-state index contributed by atoms with van der Waals surface area (Å²) in [5.74, 6) is 0.0903. The summed E-state index contributed by atoms with van der Waals surface area (Å²) in [5.41, 5.74) is 0. The fourth-order valence-electron chi connectivity index (χ4n) is 1.51. The Bertz CT molecular complexity index is 192. The van der Waals surface area contributed by atoms with Gasteiger partial charge < -0.3 is 0 Å². The van der Waals surface area contributed by atoms with E-state index in [2.05, 4.69) is 0 Å². The van der Waals surface area contributed by atoms with Gasteiger partial charge in [0.25, 0.3) is 0 Å². The summed E-state index contributed by atoms with van der Waals surface area (Å²) >= 11 is 0. The van der Waals surface area contributed by atoms with Gasteiger partial charge in [-0.15, -0.1) is 0 Å². The minimum Gasteiger partial charge on any atom is -0.280 e. The number of nitrogens with zero attached hydrogens (tertiary/aromatic N) is 1. The summed E-state index contributed by atoms with van der Waals surface area (Å²) < 4.78 is 0.